The van der Waals surface area contributed by atoms with E-state index < -0.39 is 6.10 Å². The highest BCUT2D eigenvalue weighted by Crippen LogP contribution is 2.13. The molecule has 0 aliphatic heterocycles. The number of esters is 3. The van der Waals surface area contributed by atoms with Crippen LogP contribution in [-0.2, 0) is 28.6 Å². The highest BCUT2D eigenvalue weighted by molar-refractivity contribution is 5.71. The molecule has 0 aromatic carbocycles. The van der Waals surface area contributed by atoms with E-state index in [1.54, 1.807) is 0 Å². The Morgan fingerprint density at radius 1 is 0.344 bits per heavy atom. The fraction of sp³-hybridized carbons (Fsp3) is 0.672. The van der Waals surface area contributed by atoms with Gasteiger partial charge in [-0.05, 0) is 109 Å². The van der Waals surface area contributed by atoms with E-state index in [4.69, 9.17) is 14.2 Å². The van der Waals surface area contributed by atoms with Crippen LogP contribution in [0.5, 0.6) is 0 Å². The number of carbonyl (C=O) groups excluding carboxylic acids is 3. The summed E-state index contributed by atoms with van der Waals surface area (Å²) in [5, 5.41) is 0. The Balaban J connectivity index is 4.52. The van der Waals surface area contributed by atoms with Crippen LogP contribution in [0.25, 0.3) is 0 Å². The molecule has 1 unspecified atom stereocenters. The summed E-state index contributed by atoms with van der Waals surface area (Å²) in [6.45, 7) is 6.41. The van der Waals surface area contributed by atoms with Crippen molar-refractivity contribution in [1.29, 1.82) is 0 Å². The van der Waals surface area contributed by atoms with Crippen molar-refractivity contribution in [3.63, 3.8) is 0 Å². The first-order valence-corrected chi connectivity index (χ1v) is 26.3. The molecule has 0 amide bonds. The number of hydrogen-bond acceptors (Lipinski definition) is 6. The van der Waals surface area contributed by atoms with E-state index in [-0.39, 0.29) is 37.5 Å². The third-order valence-corrected chi connectivity index (χ3v) is 10.8. The normalized spacial score (nSPS) is 12.9. The molecule has 0 aromatic rings. The van der Waals surface area contributed by atoms with Gasteiger partial charge in [0.2, 0.25) is 0 Å². The number of ether oxygens (including phenoxy) is 3. The average Bonchev–Trinajstić information content (AvgIpc) is 3.29. The smallest absolute Gasteiger partial charge is 0.306 e. The molecular weight excluding hydrogens is 793 g/mol. The topological polar surface area (TPSA) is 78.9 Å². The van der Waals surface area contributed by atoms with Crippen LogP contribution in [0.4, 0.5) is 0 Å². The number of carbonyl (C=O) groups is 3. The summed E-state index contributed by atoms with van der Waals surface area (Å²) in [5.74, 6) is -1.000. The van der Waals surface area contributed by atoms with Crippen molar-refractivity contribution in [2.45, 2.75) is 239 Å². The first-order chi connectivity index (χ1) is 31.5. The van der Waals surface area contributed by atoms with Crippen molar-refractivity contribution in [2.24, 2.45) is 0 Å². The van der Waals surface area contributed by atoms with E-state index in [1.165, 1.54) is 83.5 Å². The van der Waals surface area contributed by atoms with Crippen LogP contribution in [-0.4, -0.2) is 37.2 Å². The van der Waals surface area contributed by atoms with Gasteiger partial charge in [0, 0.05) is 19.3 Å². The van der Waals surface area contributed by atoms with E-state index in [0.717, 1.165) is 103 Å². The van der Waals surface area contributed by atoms with Gasteiger partial charge < -0.3 is 14.2 Å². The summed E-state index contributed by atoms with van der Waals surface area (Å²) in [6.07, 6.45) is 68.2. The van der Waals surface area contributed by atoms with Crippen LogP contribution in [0, 0.1) is 0 Å². The quantitative estimate of drug-likeness (QED) is 0.0199. The Morgan fingerprint density at radius 2 is 0.672 bits per heavy atom. The van der Waals surface area contributed by atoms with Crippen LogP contribution >= 0.6 is 0 Å². The molecule has 0 bridgehead atoms. The van der Waals surface area contributed by atoms with E-state index in [2.05, 4.69) is 118 Å². The lowest BCUT2D eigenvalue weighted by molar-refractivity contribution is -0.167. The van der Waals surface area contributed by atoms with E-state index in [0.29, 0.717) is 19.3 Å². The standard InChI is InChI=1S/C58H96O6/c1-4-7-10-13-16-19-22-25-28-29-31-33-36-39-42-45-48-51-57(60)63-54-55(53-62-56(59)50-47-44-41-38-35-32-27-24-21-18-15-12-9-6-3)64-58(61)52-49-46-43-40-37-34-30-26-23-20-17-14-11-8-5-2/h9,12,17-18,20-21,23,25-28,31-33,39,42,55H,4-8,10-11,13-16,19,22,24,29-30,34-38,40-41,43-54H2,1-3H3/b12-9-,20-17-,21-18-,26-23-,28-25-,32-27-,33-31-,42-39-. The predicted octanol–water partition coefficient (Wildman–Crippen LogP) is 17.4. The highest BCUT2D eigenvalue weighted by atomic mass is 16.6. The largest absolute Gasteiger partial charge is 0.462 e. The van der Waals surface area contributed by atoms with Crippen LogP contribution in [0.2, 0.25) is 0 Å². The van der Waals surface area contributed by atoms with Crippen molar-refractivity contribution in [2.75, 3.05) is 13.2 Å². The first-order valence-electron chi connectivity index (χ1n) is 26.3. The number of allylic oxidation sites excluding steroid dienone is 16. The molecule has 6 heteroatoms. The first kappa shape index (κ1) is 60.3. The second kappa shape index (κ2) is 52.0. The summed E-state index contributed by atoms with van der Waals surface area (Å²) in [6, 6.07) is 0. The lowest BCUT2D eigenvalue weighted by Gasteiger charge is -2.18. The maximum absolute atomic E-state index is 12.8. The molecular formula is C58H96O6. The van der Waals surface area contributed by atoms with Gasteiger partial charge in [-0.15, -0.1) is 0 Å². The Kier molecular flexibility index (Phi) is 49.0. The minimum absolute atomic E-state index is 0.111. The second-order valence-electron chi connectivity index (χ2n) is 17.1. The lowest BCUT2D eigenvalue weighted by atomic mass is 10.1. The van der Waals surface area contributed by atoms with Crippen molar-refractivity contribution < 1.29 is 28.6 Å². The molecule has 0 saturated carbocycles. The molecule has 6 nitrogen and oxygen atoms in total. The van der Waals surface area contributed by atoms with Crippen molar-refractivity contribution in [1.82, 2.24) is 0 Å². The molecule has 0 fully saturated rings. The zero-order chi connectivity index (χ0) is 46.5. The Bertz CT molecular complexity index is 1300. The van der Waals surface area contributed by atoms with Gasteiger partial charge in [0.05, 0.1) is 0 Å². The van der Waals surface area contributed by atoms with Crippen LogP contribution in [0.3, 0.4) is 0 Å². The van der Waals surface area contributed by atoms with Gasteiger partial charge in [-0.25, -0.2) is 0 Å². The zero-order valence-electron chi connectivity index (χ0n) is 41.5. The lowest BCUT2D eigenvalue weighted by Crippen LogP contribution is -2.30. The van der Waals surface area contributed by atoms with Gasteiger partial charge >= 0.3 is 17.9 Å². The average molecular weight is 889 g/mol. The van der Waals surface area contributed by atoms with Gasteiger partial charge in [0.15, 0.2) is 6.10 Å². The minimum atomic E-state index is -0.814. The SMILES string of the molecule is CC/C=C\C/C=C\C/C=C\CCCCCCC(=O)OCC(COC(=O)CCC/C=C\C/C=C\C/C=C\CCCCCCCC)OC(=O)CCCCCCCC/C=C\C=C/CCCCC. The highest BCUT2D eigenvalue weighted by Gasteiger charge is 2.19. The minimum Gasteiger partial charge on any atom is -0.462 e. The fourth-order valence-corrected chi connectivity index (χ4v) is 6.87. The Hall–Kier alpha value is -3.67. The van der Waals surface area contributed by atoms with Crippen LogP contribution in [0.15, 0.2) is 97.2 Å². The van der Waals surface area contributed by atoms with E-state index in [9.17, 15) is 14.4 Å². The molecule has 364 valence electrons. The van der Waals surface area contributed by atoms with Gasteiger partial charge in [0.25, 0.3) is 0 Å². The predicted molar refractivity (Wildman–Crippen MR) is 274 cm³/mol. The zero-order valence-corrected chi connectivity index (χ0v) is 41.5. The molecule has 0 radical (unpaired) electrons. The third-order valence-electron chi connectivity index (χ3n) is 10.8. The molecule has 0 spiro atoms. The van der Waals surface area contributed by atoms with Gasteiger partial charge in [0.1, 0.15) is 13.2 Å². The van der Waals surface area contributed by atoms with Gasteiger partial charge in [-0.3, -0.25) is 14.4 Å². The maximum atomic E-state index is 12.8. The van der Waals surface area contributed by atoms with Crippen LogP contribution < -0.4 is 0 Å². The Morgan fingerprint density at radius 3 is 1.14 bits per heavy atom. The van der Waals surface area contributed by atoms with Gasteiger partial charge in [-0.2, -0.15) is 0 Å². The Labute approximate surface area is 394 Å². The molecule has 0 heterocycles. The molecule has 0 saturated heterocycles. The summed E-state index contributed by atoms with van der Waals surface area (Å²) in [7, 11) is 0. The van der Waals surface area contributed by atoms with Crippen molar-refractivity contribution in [3.8, 4) is 0 Å². The van der Waals surface area contributed by atoms with E-state index >= 15 is 0 Å². The van der Waals surface area contributed by atoms with Crippen molar-refractivity contribution >= 4 is 17.9 Å². The molecule has 1 atom stereocenters. The van der Waals surface area contributed by atoms with E-state index in [1.807, 2.05) is 0 Å². The second-order valence-corrected chi connectivity index (χ2v) is 17.1. The molecule has 0 aromatic heterocycles. The maximum Gasteiger partial charge on any atom is 0.306 e. The molecule has 64 heavy (non-hydrogen) atoms. The summed E-state index contributed by atoms with van der Waals surface area (Å²) in [4.78, 5) is 38.0. The fourth-order valence-electron chi connectivity index (χ4n) is 6.87. The molecule has 0 rings (SSSR count). The molecule has 0 aliphatic rings. The third kappa shape index (κ3) is 49.3. The number of hydrogen-bond donors (Lipinski definition) is 0. The van der Waals surface area contributed by atoms with Crippen LogP contribution in [0.1, 0.15) is 233 Å². The summed E-state index contributed by atoms with van der Waals surface area (Å²) >= 11 is 0. The molecule has 0 aliphatic carbocycles. The van der Waals surface area contributed by atoms with Gasteiger partial charge in [-0.1, -0.05) is 201 Å². The molecule has 0 N–H and O–H groups in total. The monoisotopic (exact) mass is 889 g/mol. The number of unbranched alkanes of at least 4 members (excludes halogenated alkanes) is 20. The summed E-state index contributed by atoms with van der Waals surface area (Å²) < 4.78 is 16.7. The van der Waals surface area contributed by atoms with Crippen molar-refractivity contribution in [3.05, 3.63) is 97.2 Å². The summed E-state index contributed by atoms with van der Waals surface area (Å²) in [5.41, 5.74) is 0. The number of rotatable bonds is 46.